The molecular weight excluding hydrogens is 378 g/mol. The summed E-state index contributed by atoms with van der Waals surface area (Å²) in [6.07, 6.45) is 4.67. The minimum Gasteiger partial charge on any atom is -0.325 e. The predicted molar refractivity (Wildman–Crippen MR) is 93.6 cm³/mol. The maximum Gasteiger partial charge on any atom is 0.234 e. The normalized spacial score (nSPS) is 15.0. The maximum absolute atomic E-state index is 12.1. The van der Waals surface area contributed by atoms with Crippen LogP contribution in [0.5, 0.6) is 0 Å². The van der Waals surface area contributed by atoms with Gasteiger partial charge in [-0.3, -0.25) is 4.79 Å². The Morgan fingerprint density at radius 2 is 2.22 bits per heavy atom. The van der Waals surface area contributed by atoms with Gasteiger partial charge in [0.2, 0.25) is 11.1 Å². The molecule has 1 aliphatic carbocycles. The molecule has 1 N–H and O–H groups in total. The Morgan fingerprint density at radius 3 is 2.96 bits per heavy atom. The van der Waals surface area contributed by atoms with Crippen molar-refractivity contribution in [1.82, 2.24) is 20.2 Å². The number of carbonyl (C=O) groups is 1. The first-order valence-corrected chi connectivity index (χ1v) is 9.38. The van der Waals surface area contributed by atoms with Crippen molar-refractivity contribution in [3.63, 3.8) is 0 Å². The van der Waals surface area contributed by atoms with Crippen molar-refractivity contribution in [3.8, 4) is 0 Å². The van der Waals surface area contributed by atoms with Crippen LogP contribution in [0.15, 0.2) is 27.8 Å². The van der Waals surface area contributed by atoms with E-state index in [0.717, 1.165) is 33.7 Å². The zero-order valence-corrected chi connectivity index (χ0v) is 15.2. The van der Waals surface area contributed by atoms with Gasteiger partial charge in [0, 0.05) is 10.2 Å². The van der Waals surface area contributed by atoms with Gasteiger partial charge in [0.1, 0.15) is 0 Å². The lowest BCUT2D eigenvalue weighted by molar-refractivity contribution is -0.113. The first-order chi connectivity index (χ1) is 11.1. The summed E-state index contributed by atoms with van der Waals surface area (Å²) in [6, 6.07) is 6.13. The number of amides is 1. The number of aromatic nitrogens is 4. The van der Waals surface area contributed by atoms with Crippen molar-refractivity contribution in [3.05, 3.63) is 28.2 Å². The fourth-order valence-electron chi connectivity index (χ4n) is 2.71. The van der Waals surface area contributed by atoms with Gasteiger partial charge in [-0.2, -0.15) is 0 Å². The molecule has 3 rings (SSSR count). The SMILES string of the molecule is Cc1cc(NC(=O)CSc2nnnn2C2CCCC2)ccc1Br. The molecule has 0 radical (unpaired) electrons. The van der Waals surface area contributed by atoms with Crippen LogP contribution in [0.4, 0.5) is 5.69 Å². The molecular formula is C15H18BrN5OS. The van der Waals surface area contributed by atoms with Crippen molar-refractivity contribution >= 4 is 39.3 Å². The Labute approximate surface area is 147 Å². The molecule has 0 aliphatic heterocycles. The number of anilines is 1. The molecule has 1 aromatic heterocycles. The Hall–Kier alpha value is -1.41. The Balaban J connectivity index is 1.57. The van der Waals surface area contributed by atoms with Crippen LogP contribution in [0, 0.1) is 6.92 Å². The second-order valence-corrected chi connectivity index (χ2v) is 7.44. The summed E-state index contributed by atoms with van der Waals surface area (Å²) >= 11 is 4.83. The highest BCUT2D eigenvalue weighted by Gasteiger charge is 2.22. The van der Waals surface area contributed by atoms with Crippen LogP contribution >= 0.6 is 27.7 Å². The fourth-order valence-corrected chi connectivity index (χ4v) is 3.70. The fraction of sp³-hybridized carbons (Fsp3) is 0.467. The quantitative estimate of drug-likeness (QED) is 0.782. The summed E-state index contributed by atoms with van der Waals surface area (Å²) < 4.78 is 2.90. The van der Waals surface area contributed by atoms with Gasteiger partial charge < -0.3 is 5.32 Å². The third kappa shape index (κ3) is 4.11. The van der Waals surface area contributed by atoms with E-state index in [1.165, 1.54) is 24.6 Å². The van der Waals surface area contributed by atoms with Gasteiger partial charge in [0.25, 0.3) is 0 Å². The number of halogens is 1. The molecule has 1 aliphatic rings. The highest BCUT2D eigenvalue weighted by atomic mass is 79.9. The Kier molecular flexibility index (Phi) is 5.32. The largest absolute Gasteiger partial charge is 0.325 e. The molecule has 6 nitrogen and oxygen atoms in total. The lowest BCUT2D eigenvalue weighted by atomic mass is 10.2. The second-order valence-electron chi connectivity index (χ2n) is 5.65. The number of thioether (sulfide) groups is 1. The molecule has 0 bridgehead atoms. The molecule has 0 unspecified atom stereocenters. The molecule has 0 saturated heterocycles. The van der Waals surface area contributed by atoms with Gasteiger partial charge in [0.05, 0.1) is 11.8 Å². The van der Waals surface area contributed by atoms with Crippen molar-refractivity contribution in [2.24, 2.45) is 0 Å². The summed E-state index contributed by atoms with van der Waals surface area (Å²) in [4.78, 5) is 12.1. The summed E-state index contributed by atoms with van der Waals surface area (Å²) in [5.74, 6) is 0.236. The Bertz CT molecular complexity index is 699. The van der Waals surface area contributed by atoms with Crippen LogP contribution < -0.4 is 5.32 Å². The van der Waals surface area contributed by atoms with Crippen molar-refractivity contribution in [2.45, 2.75) is 43.8 Å². The maximum atomic E-state index is 12.1. The van der Waals surface area contributed by atoms with E-state index < -0.39 is 0 Å². The van der Waals surface area contributed by atoms with E-state index in [9.17, 15) is 4.79 Å². The molecule has 1 fully saturated rings. The standard InChI is InChI=1S/C15H18BrN5OS/c1-10-8-11(6-7-13(10)16)17-14(22)9-23-15-18-19-20-21(15)12-4-2-3-5-12/h6-8,12H,2-5,9H2,1H3,(H,17,22). The third-order valence-corrected chi connectivity index (χ3v) is 5.73. The highest BCUT2D eigenvalue weighted by Crippen LogP contribution is 2.31. The molecule has 1 amide bonds. The van der Waals surface area contributed by atoms with Crippen LogP contribution in [0.1, 0.15) is 37.3 Å². The molecule has 122 valence electrons. The molecule has 1 heterocycles. The van der Waals surface area contributed by atoms with Crippen LogP contribution in [-0.4, -0.2) is 31.9 Å². The molecule has 8 heteroatoms. The van der Waals surface area contributed by atoms with Crippen LogP contribution in [0.3, 0.4) is 0 Å². The number of tetrazole rings is 1. The number of carbonyl (C=O) groups excluding carboxylic acids is 1. The van der Waals surface area contributed by atoms with Crippen LogP contribution in [-0.2, 0) is 4.79 Å². The van der Waals surface area contributed by atoms with E-state index in [0.29, 0.717) is 11.8 Å². The second kappa shape index (κ2) is 7.44. The molecule has 0 atom stereocenters. The number of rotatable bonds is 5. The number of hydrogen-bond donors (Lipinski definition) is 1. The number of aryl methyl sites for hydroxylation is 1. The molecule has 2 aromatic rings. The van der Waals surface area contributed by atoms with Crippen LogP contribution in [0.25, 0.3) is 0 Å². The van der Waals surface area contributed by atoms with E-state index in [2.05, 4.69) is 36.8 Å². The van der Waals surface area contributed by atoms with Crippen molar-refractivity contribution in [2.75, 3.05) is 11.1 Å². The van der Waals surface area contributed by atoms with Gasteiger partial charge >= 0.3 is 0 Å². The first-order valence-electron chi connectivity index (χ1n) is 7.60. The molecule has 0 spiro atoms. The zero-order chi connectivity index (χ0) is 16.2. The van der Waals surface area contributed by atoms with Gasteiger partial charge in [-0.05, 0) is 54.0 Å². The van der Waals surface area contributed by atoms with Gasteiger partial charge in [-0.1, -0.05) is 40.5 Å². The first kappa shape index (κ1) is 16.4. The van der Waals surface area contributed by atoms with E-state index in [1.54, 1.807) is 0 Å². The number of benzene rings is 1. The average molecular weight is 396 g/mol. The van der Waals surface area contributed by atoms with Gasteiger partial charge in [-0.25, -0.2) is 4.68 Å². The topological polar surface area (TPSA) is 72.7 Å². The molecule has 1 aromatic carbocycles. The van der Waals surface area contributed by atoms with Crippen molar-refractivity contribution in [1.29, 1.82) is 0 Å². The van der Waals surface area contributed by atoms with E-state index in [-0.39, 0.29) is 5.91 Å². The summed E-state index contributed by atoms with van der Waals surface area (Å²) in [7, 11) is 0. The lowest BCUT2D eigenvalue weighted by Gasteiger charge is -2.11. The lowest BCUT2D eigenvalue weighted by Crippen LogP contribution is -2.15. The number of hydrogen-bond acceptors (Lipinski definition) is 5. The van der Waals surface area contributed by atoms with Crippen LogP contribution in [0.2, 0.25) is 0 Å². The summed E-state index contributed by atoms with van der Waals surface area (Å²) in [5, 5.41) is 15.5. The van der Waals surface area contributed by atoms with E-state index >= 15 is 0 Å². The number of nitrogens with zero attached hydrogens (tertiary/aromatic N) is 4. The van der Waals surface area contributed by atoms with Gasteiger partial charge in [0.15, 0.2) is 0 Å². The molecule has 1 saturated carbocycles. The Morgan fingerprint density at radius 1 is 1.43 bits per heavy atom. The summed E-state index contributed by atoms with van der Waals surface area (Å²) in [5.41, 5.74) is 1.88. The third-order valence-electron chi connectivity index (χ3n) is 3.91. The van der Waals surface area contributed by atoms with E-state index in [1.807, 2.05) is 29.8 Å². The highest BCUT2D eigenvalue weighted by molar-refractivity contribution is 9.10. The molecule has 23 heavy (non-hydrogen) atoms. The van der Waals surface area contributed by atoms with E-state index in [4.69, 9.17) is 0 Å². The number of nitrogens with one attached hydrogen (secondary N) is 1. The zero-order valence-electron chi connectivity index (χ0n) is 12.8. The summed E-state index contributed by atoms with van der Waals surface area (Å²) in [6.45, 7) is 1.99. The predicted octanol–water partition coefficient (Wildman–Crippen LogP) is 3.59. The minimum absolute atomic E-state index is 0.0577. The van der Waals surface area contributed by atoms with Gasteiger partial charge in [-0.15, -0.1) is 5.10 Å². The monoisotopic (exact) mass is 395 g/mol. The minimum atomic E-state index is -0.0577. The van der Waals surface area contributed by atoms with Crippen molar-refractivity contribution < 1.29 is 4.79 Å². The average Bonchev–Trinajstić information content (AvgIpc) is 3.19. The smallest absolute Gasteiger partial charge is 0.234 e.